The van der Waals surface area contributed by atoms with E-state index < -0.39 is 10.0 Å². The third kappa shape index (κ3) is 4.05. The highest BCUT2D eigenvalue weighted by atomic mass is 79.9. The molecule has 4 nitrogen and oxygen atoms in total. The minimum Gasteiger partial charge on any atom is -0.314 e. The maximum absolute atomic E-state index is 12.0. The van der Waals surface area contributed by atoms with Crippen molar-refractivity contribution in [3.05, 3.63) is 28.7 Å². The highest BCUT2D eigenvalue weighted by molar-refractivity contribution is 9.10. The van der Waals surface area contributed by atoms with Crippen LogP contribution in [0.4, 0.5) is 0 Å². The molecule has 1 fully saturated rings. The van der Waals surface area contributed by atoms with Crippen molar-refractivity contribution in [3.63, 3.8) is 0 Å². The lowest BCUT2D eigenvalue weighted by molar-refractivity contribution is 0.573. The maximum atomic E-state index is 12.0. The SMILES string of the molecule is O=S(=O)(NCCCNC1CC1)c1ccccc1Br. The first kappa shape index (κ1) is 14.0. The number of hydrogen-bond acceptors (Lipinski definition) is 3. The second-order valence-corrected chi connectivity index (χ2v) is 7.00. The molecule has 1 aliphatic rings. The maximum Gasteiger partial charge on any atom is 0.241 e. The van der Waals surface area contributed by atoms with Crippen LogP contribution in [-0.4, -0.2) is 27.5 Å². The van der Waals surface area contributed by atoms with E-state index in [0.29, 0.717) is 22.0 Å². The van der Waals surface area contributed by atoms with Crippen LogP contribution in [0.25, 0.3) is 0 Å². The minimum atomic E-state index is -3.40. The van der Waals surface area contributed by atoms with Crippen LogP contribution in [0.1, 0.15) is 19.3 Å². The van der Waals surface area contributed by atoms with E-state index in [-0.39, 0.29) is 0 Å². The van der Waals surface area contributed by atoms with Gasteiger partial charge in [0.1, 0.15) is 0 Å². The van der Waals surface area contributed by atoms with Crippen LogP contribution in [0, 0.1) is 0 Å². The van der Waals surface area contributed by atoms with Gasteiger partial charge in [-0.25, -0.2) is 13.1 Å². The van der Waals surface area contributed by atoms with Gasteiger partial charge in [-0.2, -0.15) is 0 Å². The predicted molar refractivity (Wildman–Crippen MR) is 75.0 cm³/mol. The molecule has 0 bridgehead atoms. The molecular formula is C12H17BrN2O2S. The van der Waals surface area contributed by atoms with Crippen LogP contribution in [0.2, 0.25) is 0 Å². The predicted octanol–water partition coefficient (Wildman–Crippen LogP) is 1.87. The lowest BCUT2D eigenvalue weighted by Gasteiger charge is -2.08. The Balaban J connectivity index is 1.81. The van der Waals surface area contributed by atoms with E-state index in [9.17, 15) is 8.42 Å². The highest BCUT2D eigenvalue weighted by Gasteiger charge is 2.20. The zero-order chi connectivity index (χ0) is 13.0. The highest BCUT2D eigenvalue weighted by Crippen LogP contribution is 2.20. The average molecular weight is 333 g/mol. The number of halogens is 1. The van der Waals surface area contributed by atoms with Gasteiger partial charge >= 0.3 is 0 Å². The van der Waals surface area contributed by atoms with Gasteiger partial charge in [-0.1, -0.05) is 12.1 Å². The molecule has 0 spiro atoms. The van der Waals surface area contributed by atoms with Crippen LogP contribution in [0.5, 0.6) is 0 Å². The molecule has 1 aliphatic carbocycles. The fraction of sp³-hybridized carbons (Fsp3) is 0.500. The first-order chi connectivity index (χ1) is 8.59. The van der Waals surface area contributed by atoms with Gasteiger partial charge in [0, 0.05) is 17.1 Å². The minimum absolute atomic E-state index is 0.292. The Hall–Kier alpha value is -0.430. The van der Waals surface area contributed by atoms with Crippen LogP contribution in [0.3, 0.4) is 0 Å². The normalized spacial score (nSPS) is 15.8. The average Bonchev–Trinajstić information content (AvgIpc) is 3.13. The fourth-order valence-corrected chi connectivity index (χ4v) is 3.70. The van der Waals surface area contributed by atoms with Crippen molar-refractivity contribution in [1.29, 1.82) is 0 Å². The lowest BCUT2D eigenvalue weighted by atomic mass is 10.4. The molecule has 1 saturated carbocycles. The van der Waals surface area contributed by atoms with Gasteiger partial charge in [0.05, 0.1) is 4.90 Å². The summed E-state index contributed by atoms with van der Waals surface area (Å²) in [6, 6.07) is 7.50. The zero-order valence-electron chi connectivity index (χ0n) is 10.0. The van der Waals surface area contributed by atoms with Crippen LogP contribution in [0.15, 0.2) is 33.6 Å². The molecular weight excluding hydrogens is 316 g/mol. The van der Waals surface area contributed by atoms with E-state index in [1.807, 2.05) is 0 Å². The summed E-state index contributed by atoms with van der Waals surface area (Å²) in [6.07, 6.45) is 3.31. The van der Waals surface area contributed by atoms with Crippen molar-refractivity contribution in [2.45, 2.75) is 30.2 Å². The summed E-state index contributed by atoms with van der Waals surface area (Å²) in [5.74, 6) is 0. The molecule has 0 aromatic heterocycles. The molecule has 2 rings (SSSR count). The van der Waals surface area contributed by atoms with Crippen molar-refractivity contribution in [2.24, 2.45) is 0 Å². The summed E-state index contributed by atoms with van der Waals surface area (Å²) >= 11 is 3.25. The first-order valence-electron chi connectivity index (χ1n) is 6.07. The van der Waals surface area contributed by atoms with E-state index in [2.05, 4.69) is 26.0 Å². The van der Waals surface area contributed by atoms with E-state index in [4.69, 9.17) is 0 Å². The van der Waals surface area contributed by atoms with E-state index in [1.165, 1.54) is 12.8 Å². The molecule has 0 heterocycles. The lowest BCUT2D eigenvalue weighted by Crippen LogP contribution is -2.28. The van der Waals surface area contributed by atoms with Crippen molar-refractivity contribution < 1.29 is 8.42 Å². The summed E-state index contributed by atoms with van der Waals surface area (Å²) in [5, 5.41) is 3.35. The number of rotatable bonds is 7. The van der Waals surface area contributed by atoms with Crippen LogP contribution < -0.4 is 10.0 Å². The number of nitrogens with one attached hydrogen (secondary N) is 2. The quantitative estimate of drug-likeness (QED) is 0.749. The Bertz CT molecular complexity index is 501. The van der Waals surface area contributed by atoms with Gasteiger partial charge < -0.3 is 5.32 Å². The summed E-state index contributed by atoms with van der Waals surface area (Å²) in [6.45, 7) is 1.33. The van der Waals surface area contributed by atoms with Gasteiger partial charge in [0.15, 0.2) is 0 Å². The molecule has 0 atom stereocenters. The Morgan fingerprint density at radius 1 is 1.22 bits per heavy atom. The molecule has 0 saturated heterocycles. The molecule has 6 heteroatoms. The third-order valence-electron chi connectivity index (χ3n) is 2.78. The fourth-order valence-electron chi connectivity index (χ4n) is 1.63. The van der Waals surface area contributed by atoms with Crippen molar-refractivity contribution in [3.8, 4) is 0 Å². The standard InChI is InChI=1S/C12H17BrN2O2S/c13-11-4-1-2-5-12(11)18(16,17)15-9-3-8-14-10-6-7-10/h1-2,4-5,10,14-15H,3,6-9H2. The van der Waals surface area contributed by atoms with Gasteiger partial charge in [0.25, 0.3) is 0 Å². The van der Waals surface area contributed by atoms with Crippen molar-refractivity contribution in [1.82, 2.24) is 10.0 Å². The molecule has 0 radical (unpaired) electrons. The monoisotopic (exact) mass is 332 g/mol. The zero-order valence-corrected chi connectivity index (χ0v) is 12.4. The van der Waals surface area contributed by atoms with E-state index in [0.717, 1.165) is 13.0 Å². The van der Waals surface area contributed by atoms with Gasteiger partial charge in [0.2, 0.25) is 10.0 Å². The smallest absolute Gasteiger partial charge is 0.241 e. The molecule has 2 N–H and O–H groups in total. The summed E-state index contributed by atoms with van der Waals surface area (Å²) in [7, 11) is -3.40. The van der Waals surface area contributed by atoms with Crippen molar-refractivity contribution >= 4 is 26.0 Å². The molecule has 0 unspecified atom stereocenters. The van der Waals surface area contributed by atoms with Gasteiger partial charge in [-0.15, -0.1) is 0 Å². The third-order valence-corrected chi connectivity index (χ3v) is 5.26. The molecule has 0 aliphatic heterocycles. The second kappa shape index (κ2) is 6.14. The molecule has 100 valence electrons. The van der Waals surface area contributed by atoms with Crippen LogP contribution in [-0.2, 0) is 10.0 Å². The van der Waals surface area contributed by atoms with Crippen molar-refractivity contribution in [2.75, 3.05) is 13.1 Å². The Morgan fingerprint density at radius 3 is 2.61 bits per heavy atom. The summed E-state index contributed by atoms with van der Waals surface area (Å²) in [4.78, 5) is 0.292. The van der Waals surface area contributed by atoms with Crippen LogP contribution >= 0.6 is 15.9 Å². The Labute approximate surface area is 116 Å². The number of sulfonamides is 1. The molecule has 0 amide bonds. The van der Waals surface area contributed by atoms with Gasteiger partial charge in [-0.3, -0.25) is 0 Å². The van der Waals surface area contributed by atoms with E-state index in [1.54, 1.807) is 24.3 Å². The Kier molecular flexibility index (Phi) is 4.77. The number of hydrogen-bond donors (Lipinski definition) is 2. The topological polar surface area (TPSA) is 58.2 Å². The van der Waals surface area contributed by atoms with Gasteiger partial charge in [-0.05, 0) is 53.9 Å². The largest absolute Gasteiger partial charge is 0.314 e. The molecule has 1 aromatic carbocycles. The Morgan fingerprint density at radius 2 is 1.94 bits per heavy atom. The first-order valence-corrected chi connectivity index (χ1v) is 8.35. The second-order valence-electron chi connectivity index (χ2n) is 4.41. The number of benzene rings is 1. The summed E-state index contributed by atoms with van der Waals surface area (Å²) < 4.78 is 27.2. The summed E-state index contributed by atoms with van der Waals surface area (Å²) in [5.41, 5.74) is 0. The molecule has 1 aromatic rings. The molecule has 18 heavy (non-hydrogen) atoms. The van der Waals surface area contributed by atoms with E-state index >= 15 is 0 Å².